The van der Waals surface area contributed by atoms with E-state index in [0.717, 1.165) is 24.5 Å². The Morgan fingerprint density at radius 3 is 2.65 bits per heavy atom. The highest BCUT2D eigenvalue weighted by Gasteiger charge is 2.18. The van der Waals surface area contributed by atoms with Gasteiger partial charge in [0.15, 0.2) is 0 Å². The van der Waals surface area contributed by atoms with Crippen LogP contribution in [0.5, 0.6) is 0 Å². The molecule has 0 spiro atoms. The lowest BCUT2D eigenvalue weighted by Crippen LogP contribution is -2.46. The maximum Gasteiger partial charge on any atom is 0.319 e. The number of anilines is 2. The van der Waals surface area contributed by atoms with Crippen molar-refractivity contribution in [1.82, 2.24) is 10.2 Å². The fourth-order valence-electron chi connectivity index (χ4n) is 2.67. The van der Waals surface area contributed by atoms with Gasteiger partial charge in [0.2, 0.25) is 5.91 Å². The summed E-state index contributed by atoms with van der Waals surface area (Å²) in [6.45, 7) is 6.32. The number of hydrogen-bond acceptors (Lipinski definition) is 3. The van der Waals surface area contributed by atoms with Gasteiger partial charge in [-0.3, -0.25) is 4.79 Å². The summed E-state index contributed by atoms with van der Waals surface area (Å²) >= 11 is 0. The standard InChI is InChI=1S/C17H26N4O2/c1-4-20(3)16(22)13(2)18-17(23)19-14-8-7-9-15(12-14)21-10-5-6-11-21/h7-9,12-13H,4-6,10-11H2,1-3H3,(H2,18,19,23). The lowest BCUT2D eigenvalue weighted by atomic mass is 10.2. The number of benzene rings is 1. The first kappa shape index (κ1) is 17.1. The minimum Gasteiger partial charge on any atom is -0.371 e. The van der Waals surface area contributed by atoms with Crippen molar-refractivity contribution in [3.05, 3.63) is 24.3 Å². The van der Waals surface area contributed by atoms with E-state index < -0.39 is 6.04 Å². The van der Waals surface area contributed by atoms with E-state index in [1.54, 1.807) is 18.9 Å². The zero-order valence-corrected chi connectivity index (χ0v) is 14.1. The Morgan fingerprint density at radius 2 is 2.00 bits per heavy atom. The van der Waals surface area contributed by atoms with Crippen LogP contribution in [0.15, 0.2) is 24.3 Å². The number of amides is 3. The first-order valence-corrected chi connectivity index (χ1v) is 8.18. The van der Waals surface area contributed by atoms with E-state index in [-0.39, 0.29) is 11.9 Å². The fourth-order valence-corrected chi connectivity index (χ4v) is 2.67. The molecule has 2 rings (SSSR count). The van der Waals surface area contributed by atoms with Crippen molar-refractivity contribution in [1.29, 1.82) is 0 Å². The third-order valence-corrected chi connectivity index (χ3v) is 4.14. The molecular formula is C17H26N4O2. The predicted molar refractivity (Wildman–Crippen MR) is 92.8 cm³/mol. The molecule has 1 saturated heterocycles. The molecule has 6 nitrogen and oxygen atoms in total. The summed E-state index contributed by atoms with van der Waals surface area (Å²) in [5.74, 6) is -0.103. The smallest absolute Gasteiger partial charge is 0.319 e. The van der Waals surface area contributed by atoms with E-state index in [2.05, 4.69) is 21.6 Å². The molecule has 1 fully saturated rings. The normalized spacial score (nSPS) is 15.2. The molecule has 0 radical (unpaired) electrons. The van der Waals surface area contributed by atoms with Crippen LogP contribution < -0.4 is 15.5 Å². The van der Waals surface area contributed by atoms with E-state index in [0.29, 0.717) is 6.54 Å². The van der Waals surface area contributed by atoms with E-state index >= 15 is 0 Å². The molecule has 1 atom stereocenters. The van der Waals surface area contributed by atoms with Crippen LogP contribution in [0.2, 0.25) is 0 Å². The van der Waals surface area contributed by atoms with Gasteiger partial charge in [-0.25, -0.2) is 4.79 Å². The van der Waals surface area contributed by atoms with Crippen LogP contribution in [0.1, 0.15) is 26.7 Å². The van der Waals surface area contributed by atoms with Gasteiger partial charge in [0.25, 0.3) is 0 Å². The average Bonchev–Trinajstić information content (AvgIpc) is 3.07. The van der Waals surface area contributed by atoms with Gasteiger partial charge in [-0.15, -0.1) is 0 Å². The van der Waals surface area contributed by atoms with Gasteiger partial charge >= 0.3 is 6.03 Å². The van der Waals surface area contributed by atoms with Gasteiger partial charge in [-0.2, -0.15) is 0 Å². The SMILES string of the molecule is CCN(C)C(=O)C(C)NC(=O)Nc1cccc(N2CCCC2)c1. The zero-order chi connectivity index (χ0) is 16.8. The number of nitrogens with zero attached hydrogens (tertiary/aromatic N) is 2. The first-order chi connectivity index (χ1) is 11.0. The first-order valence-electron chi connectivity index (χ1n) is 8.18. The summed E-state index contributed by atoms with van der Waals surface area (Å²) in [7, 11) is 1.72. The van der Waals surface area contributed by atoms with E-state index in [1.165, 1.54) is 12.8 Å². The molecule has 1 aliphatic heterocycles. The van der Waals surface area contributed by atoms with Crippen molar-refractivity contribution in [3.8, 4) is 0 Å². The highest BCUT2D eigenvalue weighted by molar-refractivity contribution is 5.93. The summed E-state index contributed by atoms with van der Waals surface area (Å²) in [5, 5.41) is 5.48. The average molecular weight is 318 g/mol. The van der Waals surface area contributed by atoms with E-state index in [9.17, 15) is 9.59 Å². The molecule has 6 heteroatoms. The molecule has 0 aromatic heterocycles. The Kier molecular flexibility index (Phi) is 5.84. The van der Waals surface area contributed by atoms with Crippen molar-refractivity contribution in [3.63, 3.8) is 0 Å². The number of hydrogen-bond donors (Lipinski definition) is 2. The minimum atomic E-state index is -0.554. The monoisotopic (exact) mass is 318 g/mol. The van der Waals surface area contributed by atoms with Crippen LogP contribution in [0, 0.1) is 0 Å². The Balaban J connectivity index is 1.92. The topological polar surface area (TPSA) is 64.7 Å². The Morgan fingerprint density at radius 1 is 1.30 bits per heavy atom. The molecule has 3 amide bonds. The highest BCUT2D eigenvalue weighted by atomic mass is 16.2. The third kappa shape index (κ3) is 4.61. The van der Waals surface area contributed by atoms with Crippen molar-refractivity contribution < 1.29 is 9.59 Å². The van der Waals surface area contributed by atoms with E-state index in [4.69, 9.17) is 0 Å². The van der Waals surface area contributed by atoms with Crippen molar-refractivity contribution >= 4 is 23.3 Å². The lowest BCUT2D eigenvalue weighted by molar-refractivity contribution is -0.131. The molecule has 1 heterocycles. The van der Waals surface area contributed by atoms with Crippen LogP contribution in [0.25, 0.3) is 0 Å². The molecule has 23 heavy (non-hydrogen) atoms. The molecule has 1 unspecified atom stereocenters. The molecule has 2 N–H and O–H groups in total. The number of carbonyl (C=O) groups is 2. The number of urea groups is 1. The molecule has 126 valence electrons. The number of nitrogens with one attached hydrogen (secondary N) is 2. The van der Waals surface area contributed by atoms with Crippen molar-refractivity contribution in [2.75, 3.05) is 36.9 Å². The molecule has 1 aliphatic rings. The maximum atomic E-state index is 12.1. The second kappa shape index (κ2) is 7.85. The van der Waals surface area contributed by atoms with Crippen LogP contribution in [-0.2, 0) is 4.79 Å². The maximum absolute atomic E-state index is 12.1. The highest BCUT2D eigenvalue weighted by Crippen LogP contribution is 2.23. The van der Waals surface area contributed by atoms with Crippen molar-refractivity contribution in [2.24, 2.45) is 0 Å². The van der Waals surface area contributed by atoms with Gasteiger partial charge in [0, 0.05) is 38.1 Å². The van der Waals surface area contributed by atoms with Crippen molar-refractivity contribution in [2.45, 2.75) is 32.7 Å². The summed E-state index contributed by atoms with van der Waals surface area (Å²) in [6.07, 6.45) is 2.42. The molecule has 0 saturated carbocycles. The van der Waals surface area contributed by atoms with Crippen LogP contribution >= 0.6 is 0 Å². The molecule has 1 aromatic rings. The second-order valence-electron chi connectivity index (χ2n) is 5.92. The van der Waals surface area contributed by atoms with Gasteiger partial charge in [0.05, 0.1) is 0 Å². The Labute approximate surface area is 137 Å². The Hall–Kier alpha value is -2.24. The molecular weight excluding hydrogens is 292 g/mol. The van der Waals surface area contributed by atoms with Gasteiger partial charge in [-0.1, -0.05) is 6.07 Å². The molecule has 1 aromatic carbocycles. The van der Waals surface area contributed by atoms with E-state index in [1.807, 2.05) is 25.1 Å². The molecule has 0 bridgehead atoms. The van der Waals surface area contributed by atoms with Gasteiger partial charge < -0.3 is 20.4 Å². The third-order valence-electron chi connectivity index (χ3n) is 4.14. The quantitative estimate of drug-likeness (QED) is 0.875. The number of rotatable bonds is 5. The summed E-state index contributed by atoms with van der Waals surface area (Å²) in [5.41, 5.74) is 1.85. The van der Waals surface area contributed by atoms with Crippen LogP contribution in [-0.4, -0.2) is 49.6 Å². The van der Waals surface area contributed by atoms with Crippen LogP contribution in [0.4, 0.5) is 16.2 Å². The predicted octanol–water partition coefficient (Wildman–Crippen LogP) is 2.28. The van der Waals surface area contributed by atoms with Crippen LogP contribution in [0.3, 0.4) is 0 Å². The fraction of sp³-hybridized carbons (Fsp3) is 0.529. The summed E-state index contributed by atoms with van der Waals surface area (Å²) < 4.78 is 0. The largest absolute Gasteiger partial charge is 0.371 e. The van der Waals surface area contributed by atoms with Gasteiger partial charge in [0.1, 0.15) is 6.04 Å². The minimum absolute atomic E-state index is 0.103. The number of carbonyl (C=O) groups excluding carboxylic acids is 2. The second-order valence-corrected chi connectivity index (χ2v) is 5.92. The molecule has 0 aliphatic carbocycles. The summed E-state index contributed by atoms with van der Waals surface area (Å²) in [6, 6.07) is 6.88. The summed E-state index contributed by atoms with van der Waals surface area (Å²) in [4.78, 5) is 27.9. The van der Waals surface area contributed by atoms with Gasteiger partial charge in [-0.05, 0) is 44.9 Å². The Bertz CT molecular complexity index is 555. The number of likely N-dealkylation sites (N-methyl/N-ethyl adjacent to an activating group) is 1. The zero-order valence-electron chi connectivity index (χ0n) is 14.1. The lowest BCUT2D eigenvalue weighted by Gasteiger charge is -2.21.